The number of benzene rings is 1. The third-order valence-corrected chi connectivity index (χ3v) is 2.75. The zero-order valence-electron chi connectivity index (χ0n) is 10.9. The lowest BCUT2D eigenvalue weighted by Gasteiger charge is -2.09. The van der Waals surface area contributed by atoms with Crippen LogP contribution in [0, 0.1) is 0 Å². The fraction of sp³-hybridized carbons (Fsp3) is 0.467. The molecule has 0 atom stereocenters. The molecule has 0 amide bonds. The van der Waals surface area contributed by atoms with Gasteiger partial charge in [-0.2, -0.15) is 0 Å². The van der Waals surface area contributed by atoms with Crippen molar-refractivity contribution < 1.29 is 14.3 Å². The van der Waals surface area contributed by atoms with Gasteiger partial charge in [0.25, 0.3) is 0 Å². The molecule has 0 aromatic heterocycles. The molecule has 0 aliphatic heterocycles. The maximum Gasteiger partial charge on any atom is 0.150 e. The molecule has 0 N–H and O–H groups in total. The second-order valence-corrected chi connectivity index (χ2v) is 4.24. The lowest BCUT2D eigenvalue weighted by molar-refractivity contribution is -0.107. The summed E-state index contributed by atoms with van der Waals surface area (Å²) in [4.78, 5) is 21.0. The van der Waals surface area contributed by atoms with Crippen molar-refractivity contribution in [3.05, 3.63) is 29.3 Å². The third-order valence-electron chi connectivity index (χ3n) is 2.75. The first kappa shape index (κ1) is 14.4. The van der Waals surface area contributed by atoms with E-state index in [9.17, 15) is 9.59 Å². The average molecular weight is 248 g/mol. The highest BCUT2D eigenvalue weighted by molar-refractivity contribution is 5.77. The number of ether oxygens (including phenoxy) is 1. The molecule has 0 saturated heterocycles. The van der Waals surface area contributed by atoms with Crippen molar-refractivity contribution in [2.45, 2.75) is 39.0 Å². The molecule has 0 fully saturated rings. The van der Waals surface area contributed by atoms with Crippen molar-refractivity contribution in [1.29, 1.82) is 0 Å². The average Bonchev–Trinajstić information content (AvgIpc) is 2.39. The number of carbonyl (C=O) groups excluding carboxylic acids is 2. The van der Waals surface area contributed by atoms with Crippen LogP contribution in [0.15, 0.2) is 18.2 Å². The minimum atomic E-state index is 0.592. The van der Waals surface area contributed by atoms with E-state index in [0.29, 0.717) is 13.0 Å². The summed E-state index contributed by atoms with van der Waals surface area (Å²) in [5.74, 6) is 0.801. The molecular formula is C15H20O3. The van der Waals surface area contributed by atoms with Gasteiger partial charge in [0, 0.05) is 12.0 Å². The zero-order valence-corrected chi connectivity index (χ0v) is 10.9. The molecule has 0 aliphatic carbocycles. The summed E-state index contributed by atoms with van der Waals surface area (Å²) in [5.41, 5.74) is 1.78. The van der Waals surface area contributed by atoms with Crippen LogP contribution in [0.5, 0.6) is 5.75 Å². The van der Waals surface area contributed by atoms with Gasteiger partial charge in [0.15, 0.2) is 0 Å². The predicted molar refractivity (Wildman–Crippen MR) is 71.2 cm³/mol. The standard InChI is InChI=1S/C15H20O3/c1-2-6-13-11-15(8-7-14(13)12-17)18-10-5-3-4-9-16/h7-9,11-12H,2-6,10H2,1H3. The monoisotopic (exact) mass is 248 g/mol. The molecule has 0 unspecified atom stereocenters. The van der Waals surface area contributed by atoms with E-state index in [-0.39, 0.29) is 0 Å². The van der Waals surface area contributed by atoms with Gasteiger partial charge in [0.2, 0.25) is 0 Å². The first-order valence-electron chi connectivity index (χ1n) is 6.46. The Kier molecular flexibility index (Phi) is 6.77. The van der Waals surface area contributed by atoms with E-state index in [0.717, 1.165) is 55.1 Å². The summed E-state index contributed by atoms with van der Waals surface area (Å²) in [6.45, 7) is 2.70. The summed E-state index contributed by atoms with van der Waals surface area (Å²) in [7, 11) is 0. The Morgan fingerprint density at radius 2 is 2.06 bits per heavy atom. The lowest BCUT2D eigenvalue weighted by atomic mass is 10.0. The van der Waals surface area contributed by atoms with E-state index in [1.165, 1.54) is 0 Å². The normalized spacial score (nSPS) is 10.1. The molecule has 0 radical (unpaired) electrons. The minimum absolute atomic E-state index is 0.592. The summed E-state index contributed by atoms with van der Waals surface area (Å²) < 4.78 is 5.61. The van der Waals surface area contributed by atoms with E-state index in [1.807, 2.05) is 12.1 Å². The van der Waals surface area contributed by atoms with Gasteiger partial charge in [-0.3, -0.25) is 4.79 Å². The smallest absolute Gasteiger partial charge is 0.150 e. The van der Waals surface area contributed by atoms with Gasteiger partial charge in [-0.1, -0.05) is 13.3 Å². The second-order valence-electron chi connectivity index (χ2n) is 4.24. The van der Waals surface area contributed by atoms with E-state index < -0.39 is 0 Å². The molecule has 1 rings (SSSR count). The molecule has 0 bridgehead atoms. The van der Waals surface area contributed by atoms with Crippen molar-refractivity contribution >= 4 is 12.6 Å². The summed E-state index contributed by atoms with van der Waals surface area (Å²) in [6.07, 6.45) is 6.03. The van der Waals surface area contributed by atoms with Crippen LogP contribution < -0.4 is 4.74 Å². The number of unbranched alkanes of at least 4 members (excludes halogenated alkanes) is 2. The Morgan fingerprint density at radius 3 is 2.72 bits per heavy atom. The number of rotatable bonds is 9. The zero-order chi connectivity index (χ0) is 13.2. The van der Waals surface area contributed by atoms with Gasteiger partial charge >= 0.3 is 0 Å². The quantitative estimate of drug-likeness (QED) is 0.498. The number of hydrogen-bond donors (Lipinski definition) is 0. The molecule has 0 saturated carbocycles. The van der Waals surface area contributed by atoms with Gasteiger partial charge in [0.1, 0.15) is 18.3 Å². The maximum atomic E-state index is 10.9. The van der Waals surface area contributed by atoms with Crippen LogP contribution in [0.4, 0.5) is 0 Å². The topological polar surface area (TPSA) is 43.4 Å². The SMILES string of the molecule is CCCc1cc(OCCCCC=O)ccc1C=O. The molecule has 0 heterocycles. The van der Waals surface area contributed by atoms with Crippen LogP contribution in [-0.2, 0) is 11.2 Å². The van der Waals surface area contributed by atoms with Crippen molar-refractivity contribution in [1.82, 2.24) is 0 Å². The Bertz CT molecular complexity index is 385. The second kappa shape index (κ2) is 8.45. The highest BCUT2D eigenvalue weighted by Crippen LogP contribution is 2.18. The fourth-order valence-electron chi connectivity index (χ4n) is 1.79. The van der Waals surface area contributed by atoms with Crippen molar-refractivity contribution in [3.63, 3.8) is 0 Å². The first-order valence-corrected chi connectivity index (χ1v) is 6.46. The Hall–Kier alpha value is -1.64. The van der Waals surface area contributed by atoms with Crippen molar-refractivity contribution in [3.8, 4) is 5.75 Å². The summed E-state index contributed by atoms with van der Waals surface area (Å²) >= 11 is 0. The highest BCUT2D eigenvalue weighted by atomic mass is 16.5. The minimum Gasteiger partial charge on any atom is -0.494 e. The molecule has 18 heavy (non-hydrogen) atoms. The van der Waals surface area contributed by atoms with E-state index >= 15 is 0 Å². The maximum absolute atomic E-state index is 10.9. The molecule has 0 spiro atoms. The molecular weight excluding hydrogens is 228 g/mol. The van der Waals surface area contributed by atoms with Crippen LogP contribution in [0.1, 0.15) is 48.5 Å². The summed E-state index contributed by atoms with van der Waals surface area (Å²) in [6, 6.07) is 5.56. The molecule has 3 heteroatoms. The van der Waals surface area contributed by atoms with Gasteiger partial charge in [-0.25, -0.2) is 0 Å². The Morgan fingerprint density at radius 1 is 1.22 bits per heavy atom. The van der Waals surface area contributed by atoms with Crippen LogP contribution in [0.3, 0.4) is 0 Å². The van der Waals surface area contributed by atoms with Crippen LogP contribution in [0.2, 0.25) is 0 Å². The van der Waals surface area contributed by atoms with E-state index in [4.69, 9.17) is 4.74 Å². The number of aldehydes is 2. The third kappa shape index (κ3) is 4.70. The predicted octanol–water partition coefficient (Wildman–Crippen LogP) is 3.20. The van der Waals surface area contributed by atoms with E-state index in [1.54, 1.807) is 6.07 Å². The number of carbonyl (C=O) groups is 2. The Balaban J connectivity index is 2.52. The lowest BCUT2D eigenvalue weighted by Crippen LogP contribution is -1.99. The summed E-state index contributed by atoms with van der Waals surface area (Å²) in [5, 5.41) is 0. The number of aryl methyl sites for hydroxylation is 1. The first-order chi connectivity index (χ1) is 8.81. The van der Waals surface area contributed by atoms with Gasteiger partial charge in [-0.05, 0) is 43.0 Å². The number of hydrogen-bond acceptors (Lipinski definition) is 3. The van der Waals surface area contributed by atoms with Crippen LogP contribution in [-0.4, -0.2) is 19.2 Å². The molecule has 3 nitrogen and oxygen atoms in total. The van der Waals surface area contributed by atoms with Gasteiger partial charge in [0.05, 0.1) is 6.61 Å². The van der Waals surface area contributed by atoms with Crippen molar-refractivity contribution in [2.24, 2.45) is 0 Å². The fourth-order valence-corrected chi connectivity index (χ4v) is 1.79. The highest BCUT2D eigenvalue weighted by Gasteiger charge is 2.03. The van der Waals surface area contributed by atoms with Crippen molar-refractivity contribution in [2.75, 3.05) is 6.61 Å². The molecule has 1 aromatic carbocycles. The molecule has 98 valence electrons. The van der Waals surface area contributed by atoms with E-state index in [2.05, 4.69) is 6.92 Å². The van der Waals surface area contributed by atoms with Gasteiger partial charge in [-0.15, -0.1) is 0 Å². The largest absolute Gasteiger partial charge is 0.494 e. The van der Waals surface area contributed by atoms with Crippen LogP contribution in [0.25, 0.3) is 0 Å². The Labute approximate surface area is 108 Å². The molecule has 1 aromatic rings. The molecule has 0 aliphatic rings. The van der Waals surface area contributed by atoms with Crippen LogP contribution >= 0.6 is 0 Å². The van der Waals surface area contributed by atoms with Gasteiger partial charge < -0.3 is 9.53 Å².